The second-order valence-corrected chi connectivity index (χ2v) is 13.6. The van der Waals surface area contributed by atoms with Crippen molar-refractivity contribution in [1.29, 1.82) is 0 Å². The van der Waals surface area contributed by atoms with E-state index < -0.39 is 13.0 Å². The Morgan fingerprint density at radius 3 is 2.41 bits per heavy atom. The highest BCUT2D eigenvalue weighted by Crippen LogP contribution is 2.52. The lowest BCUT2D eigenvalue weighted by Crippen LogP contribution is -2.48. The van der Waals surface area contributed by atoms with Crippen LogP contribution in [0.5, 0.6) is 5.75 Å². The highest BCUT2D eigenvalue weighted by Gasteiger charge is 2.58. The summed E-state index contributed by atoms with van der Waals surface area (Å²) in [6.07, 6.45) is 5.83. The quantitative estimate of drug-likeness (QED) is 0.231. The Hall–Kier alpha value is -3.20. The first-order chi connectivity index (χ1) is 21.2. The van der Waals surface area contributed by atoms with E-state index in [9.17, 15) is 19.7 Å². The van der Waals surface area contributed by atoms with E-state index in [2.05, 4.69) is 56.0 Å². The number of phenols is 1. The molecule has 0 radical (unpaired) electrons. The lowest BCUT2D eigenvalue weighted by Gasteiger charge is -2.44. The summed E-state index contributed by atoms with van der Waals surface area (Å²) < 4.78 is 6.19. The van der Waals surface area contributed by atoms with Gasteiger partial charge in [-0.25, -0.2) is 0 Å². The topological polar surface area (TPSA) is 90.3 Å². The number of hydrogen-bond donors (Lipinski definition) is 2. The van der Waals surface area contributed by atoms with E-state index in [0.717, 1.165) is 50.0 Å². The van der Waals surface area contributed by atoms with Crippen LogP contribution in [0.1, 0.15) is 64.0 Å². The van der Waals surface area contributed by atoms with Gasteiger partial charge in [-0.3, -0.25) is 19.4 Å². The Morgan fingerprint density at radius 2 is 1.73 bits per heavy atom. The maximum atomic E-state index is 14.2. The van der Waals surface area contributed by atoms with Crippen LogP contribution in [0.4, 0.5) is 0 Å². The van der Waals surface area contributed by atoms with Crippen LogP contribution in [0.15, 0.2) is 71.3 Å². The average molecular weight is 597 g/mol. The molecule has 3 heterocycles. The van der Waals surface area contributed by atoms with Gasteiger partial charge in [-0.05, 0) is 86.0 Å². The third kappa shape index (κ3) is 6.30. The highest BCUT2D eigenvalue weighted by molar-refractivity contribution is 6.43. The molecular weight excluding hydrogens is 551 g/mol. The van der Waals surface area contributed by atoms with Gasteiger partial charge < -0.3 is 14.8 Å². The highest BCUT2D eigenvalue weighted by atomic mass is 16.5. The number of carbonyl (C=O) groups is 2. The van der Waals surface area contributed by atoms with E-state index in [0.29, 0.717) is 19.2 Å². The molecule has 2 aromatic carbocycles. The van der Waals surface area contributed by atoms with Crippen LogP contribution in [-0.2, 0) is 20.8 Å². The van der Waals surface area contributed by atoms with Crippen molar-refractivity contribution in [1.82, 2.24) is 9.80 Å². The third-order valence-corrected chi connectivity index (χ3v) is 10.3. The van der Waals surface area contributed by atoms with Crippen LogP contribution < -0.4 is 0 Å². The SMILES string of the molecule is C/C(=C\c1ccc(O)cc1)CC[C@H]1OB(O)C[C@H]2C1=C(C(C)C)C[C@H]1C(=O)N(C3CCN(Cc4ccccc4)CC3)C(=O)[C@H]12. The molecule has 3 fully saturated rings. The molecule has 2 amide bonds. The number of aromatic hydroxyl groups is 1. The summed E-state index contributed by atoms with van der Waals surface area (Å²) in [6.45, 7) is 9.03. The zero-order valence-corrected chi connectivity index (χ0v) is 26.2. The number of likely N-dealkylation sites (tertiary alicyclic amines) is 2. The standard InChI is InChI=1S/C36H45BN2O5/c1-23(2)29-20-30-34(36(42)39(35(30)41)27-15-17-38(18-16-27)22-26-7-5-4-6-8-26)31-21-37(43)44-32(33(29)31)14-9-24(3)19-25-10-12-28(40)13-11-25/h4-8,10-13,19,23,27,30-32,34,40,43H,9,14-18,20-22H2,1-3H3/b24-19+/t30-,31+,32-,34-/m1/s1. The number of carbonyl (C=O) groups excluding carboxylic acids is 2. The van der Waals surface area contributed by atoms with Gasteiger partial charge in [-0.15, -0.1) is 0 Å². The van der Waals surface area contributed by atoms with Gasteiger partial charge in [0, 0.05) is 25.7 Å². The smallest absolute Gasteiger partial charge is 0.455 e. The van der Waals surface area contributed by atoms with Crippen molar-refractivity contribution in [3.63, 3.8) is 0 Å². The number of phenolic OH excluding ortho intramolecular Hbond substituents is 1. The van der Waals surface area contributed by atoms with Crippen LogP contribution in [0.25, 0.3) is 6.08 Å². The van der Waals surface area contributed by atoms with Crippen molar-refractivity contribution < 1.29 is 24.4 Å². The van der Waals surface area contributed by atoms with Crippen LogP contribution >= 0.6 is 0 Å². The lowest BCUT2D eigenvalue weighted by molar-refractivity contribution is -0.144. The largest absolute Gasteiger partial charge is 0.508 e. The van der Waals surface area contributed by atoms with Crippen molar-refractivity contribution in [2.45, 2.75) is 77.9 Å². The van der Waals surface area contributed by atoms with E-state index in [1.54, 1.807) is 17.0 Å². The van der Waals surface area contributed by atoms with Gasteiger partial charge in [-0.1, -0.05) is 73.5 Å². The second-order valence-electron chi connectivity index (χ2n) is 13.6. The van der Waals surface area contributed by atoms with Gasteiger partial charge in [0.25, 0.3) is 0 Å². The Morgan fingerprint density at radius 1 is 1.02 bits per heavy atom. The minimum Gasteiger partial charge on any atom is -0.508 e. The number of fused-ring (bicyclic) bond motifs is 3. The maximum Gasteiger partial charge on any atom is 0.455 e. The molecule has 1 aliphatic carbocycles. The fraction of sp³-hybridized carbons (Fsp3) is 0.500. The van der Waals surface area contributed by atoms with Gasteiger partial charge in [0.1, 0.15) is 5.75 Å². The molecule has 0 spiro atoms. The van der Waals surface area contributed by atoms with Gasteiger partial charge in [0.05, 0.1) is 17.9 Å². The number of benzene rings is 2. The Labute approximate surface area is 261 Å². The molecule has 6 rings (SSSR count). The van der Waals surface area contributed by atoms with E-state index in [4.69, 9.17) is 4.65 Å². The molecule has 2 aromatic rings. The molecule has 0 unspecified atom stereocenters. The van der Waals surface area contributed by atoms with Gasteiger partial charge >= 0.3 is 7.12 Å². The fourth-order valence-corrected chi connectivity index (χ4v) is 8.10. The van der Waals surface area contributed by atoms with Crippen molar-refractivity contribution in [2.75, 3.05) is 13.1 Å². The number of rotatable bonds is 8. The molecular formula is C36H45BN2O5. The first kappa shape index (κ1) is 30.8. The lowest BCUT2D eigenvalue weighted by atomic mass is 9.57. The monoisotopic (exact) mass is 596 g/mol. The third-order valence-electron chi connectivity index (χ3n) is 10.3. The molecule has 7 nitrogen and oxygen atoms in total. The maximum absolute atomic E-state index is 14.2. The number of amides is 2. The normalized spacial score (nSPS) is 26.9. The zero-order chi connectivity index (χ0) is 31.0. The predicted molar refractivity (Wildman–Crippen MR) is 172 cm³/mol. The minimum atomic E-state index is -0.958. The molecule has 232 valence electrons. The van der Waals surface area contributed by atoms with Gasteiger partial charge in [0.15, 0.2) is 0 Å². The van der Waals surface area contributed by atoms with E-state index in [1.165, 1.54) is 16.7 Å². The number of hydrogen-bond acceptors (Lipinski definition) is 6. The summed E-state index contributed by atoms with van der Waals surface area (Å²) in [5, 5.41) is 20.5. The van der Waals surface area contributed by atoms with Crippen molar-refractivity contribution in [2.24, 2.45) is 23.7 Å². The number of allylic oxidation sites excluding steroid dienone is 2. The summed E-state index contributed by atoms with van der Waals surface area (Å²) >= 11 is 0. The molecule has 0 aromatic heterocycles. The van der Waals surface area contributed by atoms with Crippen molar-refractivity contribution >= 4 is 25.0 Å². The van der Waals surface area contributed by atoms with Crippen LogP contribution in [-0.4, -0.2) is 64.1 Å². The summed E-state index contributed by atoms with van der Waals surface area (Å²) in [4.78, 5) is 32.2. The molecule has 8 heteroatoms. The van der Waals surface area contributed by atoms with Gasteiger partial charge in [-0.2, -0.15) is 0 Å². The first-order valence-corrected chi connectivity index (χ1v) is 16.3. The Kier molecular flexibility index (Phi) is 9.13. The van der Waals surface area contributed by atoms with Crippen LogP contribution in [0.3, 0.4) is 0 Å². The second kappa shape index (κ2) is 13.0. The molecule has 3 saturated heterocycles. The Balaban J connectivity index is 1.18. The Bertz CT molecular complexity index is 1410. The number of nitrogens with zero attached hydrogens (tertiary/aromatic N) is 2. The molecule has 0 bridgehead atoms. The van der Waals surface area contributed by atoms with Crippen molar-refractivity contribution in [3.8, 4) is 5.75 Å². The number of piperidine rings is 1. The molecule has 4 atom stereocenters. The van der Waals surface area contributed by atoms with Crippen molar-refractivity contribution in [3.05, 3.63) is 82.4 Å². The summed E-state index contributed by atoms with van der Waals surface area (Å²) in [7, 11) is -0.958. The molecule has 3 aliphatic heterocycles. The zero-order valence-electron chi connectivity index (χ0n) is 26.2. The molecule has 4 aliphatic rings. The van der Waals surface area contributed by atoms with E-state index >= 15 is 0 Å². The minimum absolute atomic E-state index is 0.0103. The van der Waals surface area contributed by atoms with E-state index in [1.807, 2.05) is 18.2 Å². The van der Waals surface area contributed by atoms with Crippen LogP contribution in [0.2, 0.25) is 6.32 Å². The summed E-state index contributed by atoms with van der Waals surface area (Å²) in [6, 6.07) is 17.5. The fourth-order valence-electron chi connectivity index (χ4n) is 8.10. The molecule has 0 saturated carbocycles. The van der Waals surface area contributed by atoms with Crippen LogP contribution in [0, 0.1) is 23.7 Å². The molecule has 44 heavy (non-hydrogen) atoms. The summed E-state index contributed by atoms with van der Waals surface area (Å²) in [5.41, 5.74) is 5.86. The average Bonchev–Trinajstić information content (AvgIpc) is 3.26. The van der Waals surface area contributed by atoms with Gasteiger partial charge in [0.2, 0.25) is 11.8 Å². The first-order valence-electron chi connectivity index (χ1n) is 16.3. The van der Waals surface area contributed by atoms with E-state index in [-0.39, 0.29) is 47.5 Å². The predicted octanol–water partition coefficient (Wildman–Crippen LogP) is 5.69. The summed E-state index contributed by atoms with van der Waals surface area (Å²) in [5.74, 6) is -0.532. The number of imide groups is 1. The molecule has 2 N–H and O–H groups in total.